The molecule has 0 bridgehead atoms. The van der Waals surface area contributed by atoms with Crippen LogP contribution in [0.15, 0.2) is 24.3 Å². The second kappa shape index (κ2) is 6.33. The molecule has 5 heteroatoms. The van der Waals surface area contributed by atoms with Crippen molar-refractivity contribution in [3.05, 3.63) is 35.4 Å². The first-order valence-electron chi connectivity index (χ1n) is 6.56. The van der Waals surface area contributed by atoms with Crippen LogP contribution < -0.4 is 11.1 Å². The summed E-state index contributed by atoms with van der Waals surface area (Å²) in [5, 5.41) is 2.77. The van der Waals surface area contributed by atoms with Crippen molar-refractivity contribution >= 4 is 11.8 Å². The van der Waals surface area contributed by atoms with Crippen LogP contribution in [0.2, 0.25) is 0 Å². The first-order valence-corrected chi connectivity index (χ1v) is 6.56. The van der Waals surface area contributed by atoms with Crippen LogP contribution in [-0.2, 0) is 11.2 Å². The van der Waals surface area contributed by atoms with Gasteiger partial charge in [0.05, 0.1) is 6.54 Å². The minimum absolute atomic E-state index is 0.0823. The fourth-order valence-corrected chi connectivity index (χ4v) is 2.25. The van der Waals surface area contributed by atoms with Gasteiger partial charge in [0.25, 0.3) is 5.91 Å². The number of benzene rings is 1. The molecule has 0 aliphatic carbocycles. The van der Waals surface area contributed by atoms with Gasteiger partial charge < -0.3 is 16.0 Å². The molecule has 0 saturated carbocycles. The van der Waals surface area contributed by atoms with Gasteiger partial charge in [0.2, 0.25) is 5.91 Å². The van der Waals surface area contributed by atoms with E-state index in [2.05, 4.69) is 5.32 Å². The second-order valence-corrected chi connectivity index (χ2v) is 4.63. The molecule has 2 amide bonds. The van der Waals surface area contributed by atoms with E-state index in [0.717, 1.165) is 12.0 Å². The number of rotatable bonds is 3. The number of hydrogen-bond acceptors (Lipinski definition) is 3. The Bertz CT molecular complexity index is 474. The number of nitrogens with one attached hydrogen (secondary N) is 1. The van der Waals surface area contributed by atoms with E-state index in [-0.39, 0.29) is 18.4 Å². The lowest BCUT2D eigenvalue weighted by atomic mass is 10.0. The third-order valence-corrected chi connectivity index (χ3v) is 3.21. The minimum Gasteiger partial charge on any atom is -0.354 e. The molecule has 2 rings (SSSR count). The molecule has 0 atom stereocenters. The molecule has 1 aromatic carbocycles. The molecule has 1 aliphatic rings. The van der Waals surface area contributed by atoms with Gasteiger partial charge in [0, 0.05) is 18.7 Å². The molecule has 0 spiro atoms. The quantitative estimate of drug-likeness (QED) is 0.813. The summed E-state index contributed by atoms with van der Waals surface area (Å²) in [6.45, 7) is 1.88. The van der Waals surface area contributed by atoms with Crippen LogP contribution in [0.25, 0.3) is 0 Å². The van der Waals surface area contributed by atoms with Crippen LogP contribution >= 0.6 is 0 Å². The summed E-state index contributed by atoms with van der Waals surface area (Å²) in [4.78, 5) is 25.6. The maximum absolute atomic E-state index is 12.5. The normalized spacial score (nSPS) is 15.8. The molecule has 1 saturated heterocycles. The fourth-order valence-electron chi connectivity index (χ4n) is 2.25. The molecule has 0 aromatic heterocycles. The highest BCUT2D eigenvalue weighted by molar-refractivity contribution is 5.97. The van der Waals surface area contributed by atoms with E-state index in [9.17, 15) is 9.59 Å². The average molecular weight is 261 g/mol. The van der Waals surface area contributed by atoms with Crippen LogP contribution in [0.1, 0.15) is 22.3 Å². The summed E-state index contributed by atoms with van der Waals surface area (Å²) in [5.41, 5.74) is 7.17. The Kier molecular flexibility index (Phi) is 4.52. The summed E-state index contributed by atoms with van der Waals surface area (Å²) in [6, 6.07) is 7.45. The van der Waals surface area contributed by atoms with Crippen molar-refractivity contribution in [3.8, 4) is 0 Å². The Morgan fingerprint density at radius 2 is 2.16 bits per heavy atom. The maximum atomic E-state index is 12.5. The average Bonchev–Trinajstić information content (AvgIpc) is 2.64. The van der Waals surface area contributed by atoms with Crippen molar-refractivity contribution in [1.29, 1.82) is 0 Å². The van der Waals surface area contributed by atoms with Gasteiger partial charge in [-0.2, -0.15) is 0 Å². The zero-order valence-electron chi connectivity index (χ0n) is 10.9. The van der Waals surface area contributed by atoms with E-state index >= 15 is 0 Å². The lowest BCUT2D eigenvalue weighted by molar-refractivity contribution is -0.121. The Morgan fingerprint density at radius 3 is 2.95 bits per heavy atom. The van der Waals surface area contributed by atoms with E-state index in [4.69, 9.17) is 5.73 Å². The van der Waals surface area contributed by atoms with Gasteiger partial charge in [0.1, 0.15) is 0 Å². The summed E-state index contributed by atoms with van der Waals surface area (Å²) < 4.78 is 0. The third kappa shape index (κ3) is 3.32. The second-order valence-electron chi connectivity index (χ2n) is 4.63. The number of carbonyl (C=O) groups excluding carboxylic acids is 2. The van der Waals surface area contributed by atoms with Crippen LogP contribution in [0.4, 0.5) is 0 Å². The van der Waals surface area contributed by atoms with Crippen molar-refractivity contribution in [1.82, 2.24) is 10.2 Å². The lowest BCUT2D eigenvalue weighted by Crippen LogP contribution is -2.37. The smallest absolute Gasteiger partial charge is 0.254 e. The van der Waals surface area contributed by atoms with Crippen molar-refractivity contribution < 1.29 is 9.59 Å². The zero-order chi connectivity index (χ0) is 13.7. The van der Waals surface area contributed by atoms with Gasteiger partial charge in [0.15, 0.2) is 0 Å². The first kappa shape index (κ1) is 13.5. The fraction of sp³-hybridized carbons (Fsp3) is 0.429. The Balaban J connectivity index is 2.20. The van der Waals surface area contributed by atoms with Crippen molar-refractivity contribution in [2.75, 3.05) is 26.2 Å². The van der Waals surface area contributed by atoms with Crippen LogP contribution in [0.5, 0.6) is 0 Å². The van der Waals surface area contributed by atoms with Crippen LogP contribution in [0.3, 0.4) is 0 Å². The Labute approximate surface area is 112 Å². The molecule has 1 aromatic rings. The number of nitrogens with two attached hydrogens (primary N) is 1. The van der Waals surface area contributed by atoms with Gasteiger partial charge in [-0.1, -0.05) is 18.2 Å². The van der Waals surface area contributed by atoms with Gasteiger partial charge in [-0.05, 0) is 31.0 Å². The van der Waals surface area contributed by atoms with Gasteiger partial charge in [-0.25, -0.2) is 0 Å². The summed E-state index contributed by atoms with van der Waals surface area (Å²) in [6.07, 6.45) is 1.46. The third-order valence-electron chi connectivity index (χ3n) is 3.21. The maximum Gasteiger partial charge on any atom is 0.254 e. The van der Waals surface area contributed by atoms with Gasteiger partial charge in [-0.3, -0.25) is 9.59 Å². The summed E-state index contributed by atoms with van der Waals surface area (Å²) in [7, 11) is 0. The Morgan fingerprint density at radius 1 is 1.37 bits per heavy atom. The number of carbonyl (C=O) groups is 2. The minimum atomic E-state index is -0.0952. The zero-order valence-corrected chi connectivity index (χ0v) is 10.9. The van der Waals surface area contributed by atoms with E-state index in [1.807, 2.05) is 18.2 Å². The topological polar surface area (TPSA) is 75.4 Å². The molecule has 1 fully saturated rings. The van der Waals surface area contributed by atoms with E-state index in [1.54, 1.807) is 11.0 Å². The molecular weight excluding hydrogens is 242 g/mol. The molecule has 102 valence electrons. The molecule has 1 heterocycles. The highest BCUT2D eigenvalue weighted by Gasteiger charge is 2.22. The van der Waals surface area contributed by atoms with E-state index < -0.39 is 0 Å². The number of nitrogens with zero attached hydrogens (tertiary/aromatic N) is 1. The van der Waals surface area contributed by atoms with Crippen LogP contribution in [-0.4, -0.2) is 42.9 Å². The molecule has 5 nitrogen and oxygen atoms in total. The van der Waals surface area contributed by atoms with Gasteiger partial charge >= 0.3 is 0 Å². The van der Waals surface area contributed by atoms with E-state index in [0.29, 0.717) is 31.6 Å². The summed E-state index contributed by atoms with van der Waals surface area (Å²) >= 11 is 0. The van der Waals surface area contributed by atoms with Crippen molar-refractivity contribution in [3.63, 3.8) is 0 Å². The van der Waals surface area contributed by atoms with Crippen molar-refractivity contribution in [2.24, 2.45) is 5.73 Å². The number of amides is 2. The molecule has 1 aliphatic heterocycles. The lowest BCUT2D eigenvalue weighted by Gasteiger charge is -2.20. The first-order chi connectivity index (χ1) is 9.22. The predicted molar refractivity (Wildman–Crippen MR) is 72.7 cm³/mol. The molecule has 3 N–H and O–H groups in total. The van der Waals surface area contributed by atoms with Crippen molar-refractivity contribution in [2.45, 2.75) is 12.8 Å². The van der Waals surface area contributed by atoms with Gasteiger partial charge in [-0.15, -0.1) is 0 Å². The summed E-state index contributed by atoms with van der Waals surface area (Å²) in [5.74, 6) is -0.178. The SMILES string of the molecule is NCCc1ccccc1C(=O)N1CCCNC(=O)C1. The predicted octanol–water partition coefficient (Wildman–Crippen LogP) is 0.150. The monoisotopic (exact) mass is 261 g/mol. The standard InChI is InChI=1S/C14H19N3O2/c15-7-6-11-4-1-2-5-12(11)14(19)17-9-3-8-16-13(18)10-17/h1-2,4-5H,3,6-10,15H2,(H,16,18). The molecule has 0 radical (unpaired) electrons. The Hall–Kier alpha value is -1.88. The molecule has 19 heavy (non-hydrogen) atoms. The highest BCUT2D eigenvalue weighted by atomic mass is 16.2. The number of hydrogen-bond donors (Lipinski definition) is 2. The van der Waals surface area contributed by atoms with E-state index in [1.165, 1.54) is 0 Å². The highest BCUT2D eigenvalue weighted by Crippen LogP contribution is 2.13. The molecule has 0 unspecified atom stereocenters. The largest absolute Gasteiger partial charge is 0.354 e. The molecular formula is C14H19N3O2. The van der Waals surface area contributed by atoms with Crippen LogP contribution in [0, 0.1) is 0 Å².